The van der Waals surface area contributed by atoms with Gasteiger partial charge in [0.15, 0.2) is 0 Å². The van der Waals surface area contributed by atoms with Crippen LogP contribution in [0.5, 0.6) is 0 Å². The number of nitro groups is 2. The molecule has 4 heterocycles. The van der Waals surface area contributed by atoms with Crippen molar-refractivity contribution in [2.75, 3.05) is 26.2 Å². The van der Waals surface area contributed by atoms with E-state index in [1.54, 1.807) is 23.2 Å². The number of imidazole rings is 2. The van der Waals surface area contributed by atoms with Crippen LogP contribution < -0.4 is 0 Å². The molecule has 260 valence electrons. The van der Waals surface area contributed by atoms with Gasteiger partial charge in [-0.3, -0.25) is 9.13 Å². The number of nitrogens with zero attached hydrogens (tertiary/aromatic N) is 10. The molecule has 4 aromatic rings. The van der Waals surface area contributed by atoms with Crippen LogP contribution in [0.1, 0.15) is 49.7 Å². The number of rotatable bonds is 8. The normalized spacial score (nSPS) is 15.2. The molecule has 0 saturated carbocycles. The second-order valence-corrected chi connectivity index (χ2v) is 12.0. The summed E-state index contributed by atoms with van der Waals surface area (Å²) in [5.74, 6) is 1.95. The summed E-state index contributed by atoms with van der Waals surface area (Å²) in [6.45, 7) is 3.77. The molecule has 2 fully saturated rings. The molecule has 0 atom stereocenters. The first-order valence-electron chi connectivity index (χ1n) is 16.3. The summed E-state index contributed by atoms with van der Waals surface area (Å²) in [6, 6.07) is 20.2. The van der Waals surface area contributed by atoms with Crippen LogP contribution in [0.2, 0.25) is 0 Å². The lowest BCUT2D eigenvalue weighted by molar-refractivity contribution is -0.388. The van der Waals surface area contributed by atoms with Gasteiger partial charge in [-0.1, -0.05) is 60.7 Å². The molecule has 2 saturated heterocycles. The summed E-state index contributed by atoms with van der Waals surface area (Å²) in [5, 5.41) is 22.4. The van der Waals surface area contributed by atoms with Crippen molar-refractivity contribution in [1.29, 1.82) is 0 Å². The monoisotopic (exact) mass is 672 g/mol. The number of benzene rings is 2. The third kappa shape index (κ3) is 9.79. The molecular weight excluding hydrogens is 628 g/mol. The van der Waals surface area contributed by atoms with Gasteiger partial charge in [-0.2, -0.15) is 0 Å². The van der Waals surface area contributed by atoms with Crippen LogP contribution >= 0.6 is 0 Å². The molecule has 0 aliphatic carbocycles. The van der Waals surface area contributed by atoms with Gasteiger partial charge >= 0.3 is 11.6 Å². The van der Waals surface area contributed by atoms with E-state index in [9.17, 15) is 20.2 Å². The quantitative estimate of drug-likeness (QED) is 0.104. The Morgan fingerprint density at radius 3 is 1.31 bits per heavy atom. The maximum Gasteiger partial charge on any atom is 0.408 e. The zero-order chi connectivity index (χ0) is 33.9. The van der Waals surface area contributed by atoms with Crippen molar-refractivity contribution in [2.24, 2.45) is 24.1 Å². The summed E-state index contributed by atoms with van der Waals surface area (Å²) in [4.78, 5) is 43.0. The zero-order valence-corrected chi connectivity index (χ0v) is 28.0. The number of hydrogen-bond acceptors (Lipinski definition) is 8. The Morgan fingerprint density at radius 1 is 0.633 bits per heavy atom. The van der Waals surface area contributed by atoms with Gasteiger partial charge in [-0.15, -0.1) is 0 Å². The lowest BCUT2D eigenvalue weighted by Gasteiger charge is -2.30. The zero-order valence-electron chi connectivity index (χ0n) is 28.0. The SMILES string of the molecule is Cn1cnc([N+](=O)[O-])c1/N=C(\Cc1ccccc1)N1CCCCC1.Cn1cnc([N+](=O)[O-])c1/N=C(\Cc1ccccc1)N1CCCCC1.O. The van der Waals surface area contributed by atoms with Gasteiger partial charge in [0.1, 0.15) is 11.7 Å². The molecule has 15 heteroatoms. The molecule has 2 aromatic heterocycles. The van der Waals surface area contributed by atoms with Gasteiger partial charge in [-0.25, -0.2) is 9.98 Å². The summed E-state index contributed by atoms with van der Waals surface area (Å²) in [5.41, 5.74) is 2.29. The average molecular weight is 673 g/mol. The van der Waals surface area contributed by atoms with Gasteiger partial charge in [0.25, 0.3) is 0 Å². The molecule has 6 rings (SSSR count). The van der Waals surface area contributed by atoms with Crippen molar-refractivity contribution >= 4 is 34.9 Å². The van der Waals surface area contributed by atoms with Crippen LogP contribution in [0, 0.1) is 20.2 Å². The lowest BCUT2D eigenvalue weighted by Crippen LogP contribution is -2.36. The standard InChI is InChI=1S/2C17H21N5O2.H2O/c2*1-20-13-18-16(22(23)24)17(20)19-15(21-10-6-3-7-11-21)12-14-8-4-2-5-9-14;/h2*2,4-5,8-9,13H,3,6-7,10-12H2,1H3;1H2/b2*19-15+;. The van der Waals surface area contributed by atoms with Gasteiger partial charge in [0.05, 0.1) is 0 Å². The van der Waals surface area contributed by atoms with E-state index >= 15 is 0 Å². The molecular formula is C34H44N10O5. The van der Waals surface area contributed by atoms with Crippen LogP contribution in [0.3, 0.4) is 0 Å². The van der Waals surface area contributed by atoms with E-state index < -0.39 is 9.85 Å². The van der Waals surface area contributed by atoms with Gasteiger partial charge in [0.2, 0.25) is 24.3 Å². The van der Waals surface area contributed by atoms with Crippen molar-refractivity contribution < 1.29 is 15.3 Å². The molecule has 0 amide bonds. The van der Waals surface area contributed by atoms with Crippen molar-refractivity contribution in [1.82, 2.24) is 28.9 Å². The second kappa shape index (κ2) is 17.6. The Balaban J connectivity index is 0.000000216. The minimum atomic E-state index is -0.477. The highest BCUT2D eigenvalue weighted by Gasteiger charge is 2.24. The van der Waals surface area contributed by atoms with Gasteiger partial charge in [-0.05, 0) is 69.5 Å². The van der Waals surface area contributed by atoms with E-state index in [4.69, 9.17) is 0 Å². The van der Waals surface area contributed by atoms with Crippen molar-refractivity contribution in [2.45, 2.75) is 51.4 Å². The van der Waals surface area contributed by atoms with Gasteiger partial charge in [0, 0.05) is 53.1 Å². The third-order valence-electron chi connectivity index (χ3n) is 8.44. The smallest absolute Gasteiger partial charge is 0.408 e. The molecule has 0 spiro atoms. The van der Waals surface area contributed by atoms with Crippen molar-refractivity contribution in [3.05, 3.63) is 105 Å². The number of likely N-dealkylation sites (tertiary alicyclic amines) is 2. The minimum absolute atomic E-state index is 0. The van der Waals surface area contributed by atoms with E-state index in [1.807, 2.05) is 36.4 Å². The lowest BCUT2D eigenvalue weighted by atomic mass is 10.1. The van der Waals surface area contributed by atoms with Crippen LogP contribution in [0.25, 0.3) is 0 Å². The van der Waals surface area contributed by atoms with Crippen LogP contribution in [-0.4, -0.2) is 82.1 Å². The van der Waals surface area contributed by atoms with E-state index in [0.29, 0.717) is 24.5 Å². The molecule has 15 nitrogen and oxygen atoms in total. The molecule has 2 aliphatic rings. The fraction of sp³-hybridized carbons (Fsp3) is 0.412. The van der Waals surface area contributed by atoms with Crippen molar-refractivity contribution in [3.8, 4) is 0 Å². The number of aryl methyl sites for hydroxylation is 2. The number of amidine groups is 2. The first-order chi connectivity index (χ1) is 23.3. The minimum Gasteiger partial charge on any atom is -0.412 e. The molecule has 49 heavy (non-hydrogen) atoms. The molecule has 0 bridgehead atoms. The van der Waals surface area contributed by atoms with E-state index in [0.717, 1.165) is 74.7 Å². The Labute approximate surface area is 285 Å². The number of aromatic nitrogens is 4. The Hall–Kier alpha value is -5.44. The van der Waals surface area contributed by atoms with Gasteiger partial charge < -0.3 is 35.5 Å². The molecule has 2 aromatic carbocycles. The number of piperidine rings is 2. The van der Waals surface area contributed by atoms with Crippen LogP contribution in [-0.2, 0) is 26.9 Å². The third-order valence-corrected chi connectivity index (χ3v) is 8.44. The molecule has 2 N–H and O–H groups in total. The van der Waals surface area contributed by atoms with E-state index in [2.05, 4.69) is 54.0 Å². The summed E-state index contributed by atoms with van der Waals surface area (Å²) >= 11 is 0. The Kier molecular flexibility index (Phi) is 13.1. The van der Waals surface area contributed by atoms with Crippen molar-refractivity contribution in [3.63, 3.8) is 0 Å². The largest absolute Gasteiger partial charge is 0.412 e. The topological polar surface area (TPSA) is 185 Å². The van der Waals surface area contributed by atoms with E-state index in [1.165, 1.54) is 25.5 Å². The predicted molar refractivity (Wildman–Crippen MR) is 189 cm³/mol. The predicted octanol–water partition coefficient (Wildman–Crippen LogP) is 5.35. The first-order valence-corrected chi connectivity index (χ1v) is 16.3. The molecule has 0 unspecified atom stereocenters. The fourth-order valence-corrected chi connectivity index (χ4v) is 5.89. The summed E-state index contributed by atoms with van der Waals surface area (Å²) in [7, 11) is 3.46. The van der Waals surface area contributed by atoms with Crippen LogP contribution in [0.15, 0.2) is 83.3 Å². The Bertz CT molecular complexity index is 1600. The Morgan fingerprint density at radius 2 is 0.980 bits per heavy atom. The molecule has 2 aliphatic heterocycles. The maximum absolute atomic E-state index is 11.2. The number of hydrogen-bond donors (Lipinski definition) is 0. The maximum atomic E-state index is 11.2. The van der Waals surface area contributed by atoms with Crippen LogP contribution in [0.4, 0.5) is 23.3 Å². The first kappa shape index (κ1) is 36.4. The van der Waals surface area contributed by atoms with E-state index in [-0.39, 0.29) is 17.1 Å². The molecule has 0 radical (unpaired) electrons. The summed E-state index contributed by atoms with van der Waals surface area (Å²) < 4.78 is 3.21. The average Bonchev–Trinajstić information content (AvgIpc) is 3.67. The highest BCUT2D eigenvalue weighted by atomic mass is 16.6. The highest BCUT2D eigenvalue weighted by molar-refractivity contribution is 5.88. The number of aliphatic imine (C=N–C) groups is 2. The fourth-order valence-electron chi connectivity index (χ4n) is 5.89. The summed E-state index contributed by atoms with van der Waals surface area (Å²) in [6.07, 6.45) is 11.1. The highest BCUT2D eigenvalue weighted by Crippen LogP contribution is 2.27. The second-order valence-electron chi connectivity index (χ2n) is 12.0.